The summed E-state index contributed by atoms with van der Waals surface area (Å²) in [5, 5.41) is 19.7. The van der Waals surface area contributed by atoms with Crippen LogP contribution in [0.3, 0.4) is 0 Å². The van der Waals surface area contributed by atoms with Crippen molar-refractivity contribution in [2.24, 2.45) is 5.92 Å². The minimum absolute atomic E-state index is 0.0113. The first-order chi connectivity index (χ1) is 8.32. The van der Waals surface area contributed by atoms with Gasteiger partial charge in [0.2, 0.25) is 0 Å². The highest BCUT2D eigenvalue weighted by atomic mass is 35.5. The fourth-order valence-corrected chi connectivity index (χ4v) is 1.89. The Balaban J connectivity index is 3.13. The molecule has 1 rings (SSSR count). The van der Waals surface area contributed by atoms with E-state index in [2.05, 4.69) is 4.98 Å². The molecule has 1 aromatic rings. The van der Waals surface area contributed by atoms with Crippen LogP contribution in [0.1, 0.15) is 31.9 Å². The lowest BCUT2D eigenvalue weighted by Gasteiger charge is -2.15. The first kappa shape index (κ1) is 14.4. The number of carboxylic acid groups (broad SMARTS) is 1. The Morgan fingerprint density at radius 2 is 2.22 bits per heavy atom. The predicted molar refractivity (Wildman–Crippen MR) is 65.7 cm³/mol. The number of carbonyl (C=O) groups is 1. The van der Waals surface area contributed by atoms with Gasteiger partial charge < -0.3 is 5.11 Å². The summed E-state index contributed by atoms with van der Waals surface area (Å²) in [7, 11) is 0. The quantitative estimate of drug-likeness (QED) is 0.657. The van der Waals surface area contributed by atoms with E-state index in [9.17, 15) is 14.9 Å². The second-order valence-electron chi connectivity index (χ2n) is 4.34. The molecule has 0 aliphatic carbocycles. The summed E-state index contributed by atoms with van der Waals surface area (Å²) in [6.45, 7) is 3.77. The van der Waals surface area contributed by atoms with Crippen molar-refractivity contribution >= 4 is 23.3 Å². The van der Waals surface area contributed by atoms with Crippen LogP contribution in [0.5, 0.6) is 0 Å². The summed E-state index contributed by atoms with van der Waals surface area (Å²) < 4.78 is 0. The Labute approximate surface area is 109 Å². The van der Waals surface area contributed by atoms with E-state index < -0.39 is 16.8 Å². The van der Waals surface area contributed by atoms with Crippen LogP contribution < -0.4 is 0 Å². The summed E-state index contributed by atoms with van der Waals surface area (Å²) in [4.78, 5) is 24.9. The maximum Gasteiger partial charge on any atom is 0.312 e. The van der Waals surface area contributed by atoms with Gasteiger partial charge in [0.05, 0.1) is 15.6 Å². The van der Waals surface area contributed by atoms with Crippen molar-refractivity contribution in [3.63, 3.8) is 0 Å². The molecule has 0 spiro atoms. The van der Waals surface area contributed by atoms with Crippen molar-refractivity contribution in [1.82, 2.24) is 4.98 Å². The lowest BCUT2D eigenvalue weighted by atomic mass is 9.94. The second-order valence-corrected chi connectivity index (χ2v) is 4.75. The zero-order chi connectivity index (χ0) is 13.9. The Bertz CT molecular complexity index is 476. The van der Waals surface area contributed by atoms with Crippen molar-refractivity contribution in [2.45, 2.75) is 26.2 Å². The van der Waals surface area contributed by atoms with Crippen LogP contribution in [-0.4, -0.2) is 21.0 Å². The molecule has 0 saturated carbocycles. The molecule has 0 aliphatic heterocycles. The summed E-state index contributed by atoms with van der Waals surface area (Å²) in [5.41, 5.74) is -0.0825. The van der Waals surface area contributed by atoms with Crippen LogP contribution in [0, 0.1) is 16.0 Å². The third-order valence-corrected chi connectivity index (χ3v) is 2.70. The van der Waals surface area contributed by atoms with Crippen molar-refractivity contribution in [3.8, 4) is 0 Å². The van der Waals surface area contributed by atoms with E-state index >= 15 is 0 Å². The van der Waals surface area contributed by atoms with Gasteiger partial charge in [-0.3, -0.25) is 19.9 Å². The number of aromatic nitrogens is 1. The molecule has 0 radical (unpaired) electrons. The van der Waals surface area contributed by atoms with Crippen LogP contribution in [0.2, 0.25) is 5.02 Å². The predicted octanol–water partition coefficient (Wildman–Crippen LogP) is 2.86. The van der Waals surface area contributed by atoms with Gasteiger partial charge in [0.25, 0.3) is 5.69 Å². The van der Waals surface area contributed by atoms with E-state index in [4.69, 9.17) is 16.7 Å². The number of nitro groups is 1. The number of halogens is 1. The smallest absolute Gasteiger partial charge is 0.312 e. The number of aliphatic carboxylic acids is 1. The third-order valence-electron chi connectivity index (χ3n) is 2.40. The summed E-state index contributed by atoms with van der Waals surface area (Å²) in [5.74, 6) is -1.73. The first-order valence-electron chi connectivity index (χ1n) is 5.35. The number of nitrogens with zero attached hydrogens (tertiary/aromatic N) is 2. The number of rotatable bonds is 5. The zero-order valence-corrected chi connectivity index (χ0v) is 10.7. The molecular weight excluding hydrogens is 260 g/mol. The van der Waals surface area contributed by atoms with Crippen LogP contribution in [0.15, 0.2) is 12.3 Å². The zero-order valence-electron chi connectivity index (χ0n) is 9.96. The van der Waals surface area contributed by atoms with Gasteiger partial charge >= 0.3 is 5.97 Å². The Morgan fingerprint density at radius 3 is 2.61 bits per heavy atom. The van der Waals surface area contributed by atoms with Crippen LogP contribution in [0.25, 0.3) is 0 Å². The van der Waals surface area contributed by atoms with Crippen molar-refractivity contribution in [3.05, 3.63) is 33.1 Å². The van der Waals surface area contributed by atoms with Gasteiger partial charge in [-0.25, -0.2) is 0 Å². The molecule has 1 N–H and O–H groups in total. The normalized spacial score (nSPS) is 12.4. The lowest BCUT2D eigenvalue weighted by molar-refractivity contribution is -0.385. The SMILES string of the molecule is CC(C)CC(C(=O)O)c1ncc([N+](=O)[O-])cc1Cl. The minimum atomic E-state index is -1.04. The summed E-state index contributed by atoms with van der Waals surface area (Å²) in [6, 6.07) is 1.13. The Hall–Kier alpha value is -1.69. The maximum absolute atomic E-state index is 11.2. The molecule has 0 aliphatic rings. The van der Waals surface area contributed by atoms with E-state index in [0.717, 1.165) is 12.3 Å². The lowest BCUT2D eigenvalue weighted by Crippen LogP contribution is -2.16. The third kappa shape index (κ3) is 3.40. The standard InChI is InChI=1S/C11H13ClN2O4/c1-6(2)3-8(11(15)16)10-9(12)4-7(5-13-10)14(17)18/h4-6,8H,3H2,1-2H3,(H,15,16). The first-order valence-corrected chi connectivity index (χ1v) is 5.73. The second kappa shape index (κ2) is 5.77. The maximum atomic E-state index is 11.2. The highest BCUT2D eigenvalue weighted by molar-refractivity contribution is 6.31. The topological polar surface area (TPSA) is 93.3 Å². The van der Waals surface area contributed by atoms with E-state index in [0.29, 0.717) is 6.42 Å². The van der Waals surface area contributed by atoms with Crippen molar-refractivity contribution < 1.29 is 14.8 Å². The minimum Gasteiger partial charge on any atom is -0.481 e. The van der Waals surface area contributed by atoms with Crippen molar-refractivity contribution in [2.75, 3.05) is 0 Å². The van der Waals surface area contributed by atoms with Gasteiger partial charge in [-0.2, -0.15) is 0 Å². The highest BCUT2D eigenvalue weighted by Gasteiger charge is 2.26. The molecule has 0 bridgehead atoms. The van der Waals surface area contributed by atoms with Gasteiger partial charge in [0, 0.05) is 6.07 Å². The van der Waals surface area contributed by atoms with Gasteiger partial charge in [-0.05, 0) is 12.3 Å². The average Bonchev–Trinajstić information content (AvgIpc) is 2.25. The Kier molecular flexibility index (Phi) is 4.61. The molecule has 98 valence electrons. The fraction of sp³-hybridized carbons (Fsp3) is 0.455. The van der Waals surface area contributed by atoms with Crippen LogP contribution in [-0.2, 0) is 4.79 Å². The summed E-state index contributed by atoms with van der Waals surface area (Å²) >= 11 is 5.87. The number of carboxylic acids is 1. The number of pyridine rings is 1. The monoisotopic (exact) mass is 272 g/mol. The van der Waals surface area contributed by atoms with Gasteiger partial charge in [-0.15, -0.1) is 0 Å². The molecule has 1 atom stereocenters. The van der Waals surface area contributed by atoms with Crippen LogP contribution in [0.4, 0.5) is 5.69 Å². The van der Waals surface area contributed by atoms with Gasteiger partial charge in [-0.1, -0.05) is 25.4 Å². The molecule has 7 heteroatoms. The van der Waals surface area contributed by atoms with E-state index in [-0.39, 0.29) is 22.3 Å². The molecule has 1 unspecified atom stereocenters. The molecule has 0 fully saturated rings. The number of hydrogen-bond acceptors (Lipinski definition) is 4. The van der Waals surface area contributed by atoms with Gasteiger partial charge in [0.15, 0.2) is 0 Å². The number of hydrogen-bond donors (Lipinski definition) is 1. The molecule has 1 heterocycles. The molecule has 18 heavy (non-hydrogen) atoms. The highest BCUT2D eigenvalue weighted by Crippen LogP contribution is 2.30. The van der Waals surface area contributed by atoms with E-state index in [1.165, 1.54) is 0 Å². The molecule has 1 aromatic heterocycles. The van der Waals surface area contributed by atoms with Crippen molar-refractivity contribution in [1.29, 1.82) is 0 Å². The largest absolute Gasteiger partial charge is 0.481 e. The van der Waals surface area contributed by atoms with E-state index in [1.54, 1.807) is 0 Å². The molecular formula is C11H13ClN2O4. The Morgan fingerprint density at radius 1 is 1.61 bits per heavy atom. The fourth-order valence-electron chi connectivity index (χ4n) is 1.60. The van der Waals surface area contributed by atoms with Crippen LogP contribution >= 0.6 is 11.6 Å². The van der Waals surface area contributed by atoms with E-state index in [1.807, 2.05) is 13.8 Å². The molecule has 0 amide bonds. The van der Waals surface area contributed by atoms with Gasteiger partial charge in [0.1, 0.15) is 12.1 Å². The molecule has 0 aromatic carbocycles. The molecule has 0 saturated heterocycles. The molecule has 6 nitrogen and oxygen atoms in total. The average molecular weight is 273 g/mol. The summed E-state index contributed by atoms with van der Waals surface area (Å²) in [6.07, 6.45) is 1.40.